The molecule has 0 aromatic carbocycles. The van der Waals surface area contributed by atoms with Crippen LogP contribution in [0.2, 0.25) is 0 Å². The van der Waals surface area contributed by atoms with Crippen molar-refractivity contribution in [1.82, 2.24) is 42.5 Å². The molecule has 64 heavy (non-hydrogen) atoms. The largest absolute Gasteiger partial charge is 0.481 e. The van der Waals surface area contributed by atoms with E-state index < -0.39 is 158 Å². The van der Waals surface area contributed by atoms with Crippen molar-refractivity contribution in [3.8, 4) is 0 Å². The van der Waals surface area contributed by atoms with Crippen molar-refractivity contribution in [2.75, 3.05) is 18.6 Å². The first kappa shape index (κ1) is 58.4. The SMILES string of the molecule is CSCC[C@H](NC(=O)[C@H](C)N)C(=O)N[C@@H](CO)C(=O)N[C@H](C(=O)N[C@H](C(=O)N[C@@H](CC(=O)O)C(=O)N[C@@H](CC(C)C)C(=O)N[C@@H](CCC(=O)O)C(=O)N[C@@H](C)C(=O)O)[C@@H](C)O)[C@@H](C)O. The number of hydrogen-bond acceptors (Lipinski definition) is 16. The molecule has 0 saturated heterocycles. The molecule has 0 aliphatic carbocycles. The molecule has 0 aliphatic heterocycles. The van der Waals surface area contributed by atoms with E-state index in [4.69, 9.17) is 15.9 Å². The van der Waals surface area contributed by atoms with Gasteiger partial charge in [-0.3, -0.25) is 52.7 Å². The van der Waals surface area contributed by atoms with Gasteiger partial charge < -0.3 is 78.9 Å². The number of carboxylic acids is 3. The van der Waals surface area contributed by atoms with Gasteiger partial charge in [0.15, 0.2) is 0 Å². The molecule has 0 aliphatic rings. The molecule has 26 nitrogen and oxygen atoms in total. The smallest absolute Gasteiger partial charge is 0.325 e. The van der Waals surface area contributed by atoms with Crippen LogP contribution in [0.1, 0.15) is 73.6 Å². The van der Waals surface area contributed by atoms with Gasteiger partial charge in [-0.1, -0.05) is 13.8 Å². The van der Waals surface area contributed by atoms with Crippen LogP contribution in [0, 0.1) is 5.92 Å². The van der Waals surface area contributed by atoms with Gasteiger partial charge in [0.1, 0.15) is 48.3 Å². The second-order valence-electron chi connectivity index (χ2n) is 15.2. The summed E-state index contributed by atoms with van der Waals surface area (Å²) in [7, 11) is 0. The van der Waals surface area contributed by atoms with Crippen LogP contribution in [0.25, 0.3) is 0 Å². The van der Waals surface area contributed by atoms with E-state index in [1.165, 1.54) is 18.7 Å². The second kappa shape index (κ2) is 28.9. The Balaban J connectivity index is 6.31. The topological polar surface area (TPSA) is 431 Å². The third-order valence-corrected chi connectivity index (χ3v) is 9.60. The Morgan fingerprint density at radius 2 is 0.922 bits per heavy atom. The lowest BCUT2D eigenvalue weighted by molar-refractivity contribution is -0.143. The zero-order valence-electron chi connectivity index (χ0n) is 36.5. The number of aliphatic hydroxyl groups excluding tert-OH is 3. The Morgan fingerprint density at radius 3 is 1.38 bits per heavy atom. The molecule has 364 valence electrons. The minimum atomic E-state index is -2.01. The zero-order chi connectivity index (χ0) is 49.6. The van der Waals surface area contributed by atoms with Crippen LogP contribution in [0.15, 0.2) is 0 Å². The second-order valence-corrected chi connectivity index (χ2v) is 16.2. The number of carboxylic acid groups (broad SMARTS) is 3. The lowest BCUT2D eigenvalue weighted by Crippen LogP contribution is -2.63. The summed E-state index contributed by atoms with van der Waals surface area (Å²) in [5.74, 6) is -13.3. The maximum Gasteiger partial charge on any atom is 0.325 e. The first-order valence-electron chi connectivity index (χ1n) is 20.0. The molecule has 0 radical (unpaired) electrons. The number of nitrogens with two attached hydrogens (primary N) is 1. The summed E-state index contributed by atoms with van der Waals surface area (Å²) in [5, 5.41) is 76.3. The van der Waals surface area contributed by atoms with Gasteiger partial charge >= 0.3 is 17.9 Å². The number of aliphatic carboxylic acids is 3. The highest BCUT2D eigenvalue weighted by Crippen LogP contribution is 2.10. The average Bonchev–Trinajstić information content (AvgIpc) is 3.18. The van der Waals surface area contributed by atoms with Gasteiger partial charge in [-0.15, -0.1) is 0 Å². The molecule has 11 atom stereocenters. The van der Waals surface area contributed by atoms with E-state index in [1.54, 1.807) is 20.1 Å². The van der Waals surface area contributed by atoms with Crippen LogP contribution in [0.5, 0.6) is 0 Å². The van der Waals surface area contributed by atoms with Crippen LogP contribution in [-0.4, -0.2) is 181 Å². The average molecular weight is 938 g/mol. The molecule has 0 bridgehead atoms. The molecular weight excluding hydrogens is 875 g/mol. The molecule has 0 spiro atoms. The highest BCUT2D eigenvalue weighted by Gasteiger charge is 2.37. The predicted molar refractivity (Wildman–Crippen MR) is 224 cm³/mol. The van der Waals surface area contributed by atoms with Crippen LogP contribution >= 0.6 is 11.8 Å². The van der Waals surface area contributed by atoms with E-state index in [0.717, 1.165) is 20.8 Å². The fourth-order valence-corrected chi connectivity index (χ4v) is 5.86. The van der Waals surface area contributed by atoms with Crippen molar-refractivity contribution in [3.05, 3.63) is 0 Å². The van der Waals surface area contributed by atoms with E-state index in [1.807, 2.05) is 0 Å². The number of carbonyl (C=O) groups is 11. The Kier molecular flexibility index (Phi) is 26.4. The third-order valence-electron chi connectivity index (χ3n) is 8.96. The summed E-state index contributed by atoms with van der Waals surface area (Å²) in [6.07, 6.45) is -4.12. The first-order chi connectivity index (χ1) is 29.7. The predicted octanol–water partition coefficient (Wildman–Crippen LogP) is -5.79. The fraction of sp³-hybridized carbons (Fsp3) is 0.703. The molecule has 0 aromatic heterocycles. The molecule has 0 rings (SSSR count). The third kappa shape index (κ3) is 21.6. The van der Waals surface area contributed by atoms with Gasteiger partial charge in [0.05, 0.1) is 31.3 Å². The van der Waals surface area contributed by atoms with Crippen LogP contribution in [-0.2, 0) is 52.7 Å². The normalized spacial score (nSPS) is 16.2. The molecule has 8 amide bonds. The molecule has 0 saturated carbocycles. The summed E-state index contributed by atoms with van der Waals surface area (Å²) < 4.78 is 0. The van der Waals surface area contributed by atoms with Gasteiger partial charge in [-0.25, -0.2) is 0 Å². The maximum absolute atomic E-state index is 13.5. The van der Waals surface area contributed by atoms with Crippen molar-refractivity contribution in [3.63, 3.8) is 0 Å². The van der Waals surface area contributed by atoms with Gasteiger partial charge in [0, 0.05) is 6.42 Å². The molecule has 0 fully saturated rings. The first-order valence-corrected chi connectivity index (χ1v) is 21.4. The fourth-order valence-electron chi connectivity index (χ4n) is 5.39. The Bertz CT molecular complexity index is 1670. The van der Waals surface area contributed by atoms with Crippen LogP contribution in [0.3, 0.4) is 0 Å². The molecule has 0 unspecified atom stereocenters. The Hall–Kier alpha value is -5.64. The van der Waals surface area contributed by atoms with E-state index in [0.29, 0.717) is 5.75 Å². The summed E-state index contributed by atoms with van der Waals surface area (Å²) in [4.78, 5) is 139. The number of aliphatic hydroxyl groups is 3. The van der Waals surface area contributed by atoms with Crippen molar-refractivity contribution in [2.24, 2.45) is 11.7 Å². The summed E-state index contributed by atoms with van der Waals surface area (Å²) >= 11 is 1.35. The highest BCUT2D eigenvalue weighted by atomic mass is 32.2. The van der Waals surface area contributed by atoms with Crippen LogP contribution in [0.4, 0.5) is 0 Å². The minimum Gasteiger partial charge on any atom is -0.481 e. The monoisotopic (exact) mass is 937 g/mol. The van der Waals surface area contributed by atoms with Gasteiger partial charge in [0.2, 0.25) is 47.3 Å². The molecule has 16 N–H and O–H groups in total. The van der Waals surface area contributed by atoms with Crippen molar-refractivity contribution >= 4 is 76.9 Å². The molecule has 0 heterocycles. The quantitative estimate of drug-likeness (QED) is 0.0319. The summed E-state index contributed by atoms with van der Waals surface area (Å²) in [6.45, 7) is 6.77. The number of nitrogens with one attached hydrogen (secondary N) is 8. The standard InChI is InChI=1S/C37H63N9O17S/c1-15(2)12-22(32(57)41-20(8-9-25(50)51)30(55)39-17(4)37(62)63)42-33(58)23(13-26(52)53)43-35(60)27(18(5)48)46-36(61)28(19(6)49)45-34(59)24(14-47)44-31(56)21(10-11-64-7)40-29(54)16(3)38/h15-24,27-28,47-49H,8-14,38H2,1-7H3,(H,39,55)(H,40,54)(H,41,57)(H,42,58)(H,43,60)(H,44,56)(H,45,59)(H,46,61)(H,50,51)(H,52,53)(H,62,63)/t16-,17-,18+,19+,20-,21-,22-,23-,24-,27-,28-/m0/s1. The highest BCUT2D eigenvalue weighted by molar-refractivity contribution is 7.98. The summed E-state index contributed by atoms with van der Waals surface area (Å²) in [5.41, 5.74) is 5.58. The molecule has 27 heteroatoms. The Morgan fingerprint density at radius 1 is 0.516 bits per heavy atom. The van der Waals surface area contributed by atoms with Crippen LogP contribution < -0.4 is 48.3 Å². The van der Waals surface area contributed by atoms with E-state index >= 15 is 0 Å². The molecule has 0 aromatic rings. The number of carbonyl (C=O) groups excluding carboxylic acids is 8. The van der Waals surface area contributed by atoms with Crippen molar-refractivity contribution in [2.45, 2.75) is 140 Å². The number of rotatable bonds is 30. The lowest BCUT2D eigenvalue weighted by atomic mass is 10.0. The number of hydrogen-bond donors (Lipinski definition) is 15. The van der Waals surface area contributed by atoms with Gasteiger partial charge in [-0.05, 0) is 64.9 Å². The van der Waals surface area contributed by atoms with E-state index in [9.17, 15) is 73.2 Å². The van der Waals surface area contributed by atoms with E-state index in [2.05, 4.69) is 42.5 Å². The van der Waals surface area contributed by atoms with Crippen molar-refractivity contribution < 1.29 is 83.4 Å². The van der Waals surface area contributed by atoms with Gasteiger partial charge in [0.25, 0.3) is 0 Å². The minimum absolute atomic E-state index is 0.100. The Labute approximate surface area is 372 Å². The number of amides is 8. The maximum atomic E-state index is 13.5. The number of thioether (sulfide) groups is 1. The van der Waals surface area contributed by atoms with Gasteiger partial charge in [-0.2, -0.15) is 11.8 Å². The summed E-state index contributed by atoms with van der Waals surface area (Å²) in [6, 6.07) is -14.5. The molecular formula is C37H63N9O17S. The lowest BCUT2D eigenvalue weighted by Gasteiger charge is -2.29. The van der Waals surface area contributed by atoms with Crippen molar-refractivity contribution in [1.29, 1.82) is 0 Å². The van der Waals surface area contributed by atoms with E-state index in [-0.39, 0.29) is 18.8 Å². The zero-order valence-corrected chi connectivity index (χ0v) is 37.4.